The molecule has 3 heteroatoms. The third-order valence-corrected chi connectivity index (χ3v) is 3.46. The predicted molar refractivity (Wildman–Crippen MR) is 75.4 cm³/mol. The van der Waals surface area contributed by atoms with Crippen LogP contribution in [0.5, 0.6) is 5.75 Å². The van der Waals surface area contributed by atoms with Crippen molar-refractivity contribution in [2.24, 2.45) is 10.2 Å². The second-order valence-corrected chi connectivity index (χ2v) is 4.88. The number of aromatic hydroxyl groups is 1. The molecule has 0 heterocycles. The van der Waals surface area contributed by atoms with Gasteiger partial charge in [0.1, 0.15) is 5.75 Å². The third-order valence-electron chi connectivity index (χ3n) is 3.46. The first-order valence-corrected chi connectivity index (χ1v) is 6.64. The van der Waals surface area contributed by atoms with E-state index in [1.165, 1.54) is 30.4 Å². The molecule has 96 valence electrons. The van der Waals surface area contributed by atoms with Crippen molar-refractivity contribution in [1.82, 2.24) is 0 Å². The first-order chi connectivity index (χ1) is 9.31. The maximum Gasteiger partial charge on any atom is 0.115 e. The molecule has 0 radical (unpaired) electrons. The van der Waals surface area contributed by atoms with E-state index in [-0.39, 0.29) is 5.75 Å². The Morgan fingerprint density at radius 2 is 1.37 bits per heavy atom. The van der Waals surface area contributed by atoms with E-state index < -0.39 is 0 Å². The van der Waals surface area contributed by atoms with Crippen LogP contribution >= 0.6 is 0 Å². The largest absolute Gasteiger partial charge is 0.508 e. The molecule has 0 aromatic heterocycles. The van der Waals surface area contributed by atoms with E-state index in [0.29, 0.717) is 0 Å². The van der Waals surface area contributed by atoms with E-state index in [0.717, 1.165) is 17.8 Å². The van der Waals surface area contributed by atoms with Gasteiger partial charge < -0.3 is 5.11 Å². The van der Waals surface area contributed by atoms with Crippen LogP contribution in [0.25, 0.3) is 0 Å². The van der Waals surface area contributed by atoms with Gasteiger partial charge in [-0.25, -0.2) is 0 Å². The van der Waals surface area contributed by atoms with Gasteiger partial charge in [0.2, 0.25) is 0 Å². The molecule has 0 saturated carbocycles. The molecular formula is C16H16N2O. The molecule has 0 spiro atoms. The number of hydrogen-bond donors (Lipinski definition) is 1. The SMILES string of the molecule is Oc1ccc(/N=N/c2ccc3c(c2)CCCC3)cc1. The first kappa shape index (κ1) is 11.9. The fraction of sp³-hybridized carbons (Fsp3) is 0.250. The van der Waals surface area contributed by atoms with Crippen LogP contribution in [0.1, 0.15) is 24.0 Å². The molecule has 3 nitrogen and oxygen atoms in total. The molecule has 0 fully saturated rings. The predicted octanol–water partition coefficient (Wildman–Crippen LogP) is 4.69. The van der Waals surface area contributed by atoms with Crippen molar-refractivity contribution in [2.75, 3.05) is 0 Å². The molecule has 1 aliphatic carbocycles. The Kier molecular flexibility index (Phi) is 3.27. The van der Waals surface area contributed by atoms with Gasteiger partial charge in [-0.1, -0.05) is 6.07 Å². The van der Waals surface area contributed by atoms with E-state index in [4.69, 9.17) is 0 Å². The quantitative estimate of drug-likeness (QED) is 0.774. The van der Waals surface area contributed by atoms with Gasteiger partial charge in [0.05, 0.1) is 11.4 Å². The monoisotopic (exact) mass is 252 g/mol. The molecular weight excluding hydrogens is 236 g/mol. The van der Waals surface area contributed by atoms with Crippen molar-refractivity contribution < 1.29 is 5.11 Å². The Bertz CT molecular complexity index is 603. The highest BCUT2D eigenvalue weighted by atomic mass is 16.3. The lowest BCUT2D eigenvalue weighted by molar-refractivity contribution is 0.475. The van der Waals surface area contributed by atoms with Gasteiger partial charge >= 0.3 is 0 Å². The Hall–Kier alpha value is -2.16. The van der Waals surface area contributed by atoms with Crippen LogP contribution in [0.15, 0.2) is 52.7 Å². The summed E-state index contributed by atoms with van der Waals surface area (Å²) in [4.78, 5) is 0. The number of nitrogens with zero attached hydrogens (tertiary/aromatic N) is 2. The molecule has 1 aliphatic rings. The first-order valence-electron chi connectivity index (χ1n) is 6.64. The van der Waals surface area contributed by atoms with Crippen LogP contribution in [0.2, 0.25) is 0 Å². The average Bonchev–Trinajstić information content (AvgIpc) is 2.46. The summed E-state index contributed by atoms with van der Waals surface area (Å²) in [5.74, 6) is 0.243. The van der Waals surface area contributed by atoms with Crippen molar-refractivity contribution in [3.8, 4) is 5.75 Å². The Labute approximate surface area is 112 Å². The number of rotatable bonds is 2. The van der Waals surface area contributed by atoms with Crippen LogP contribution in [0, 0.1) is 0 Å². The smallest absolute Gasteiger partial charge is 0.115 e. The number of phenolic OH excluding ortho intramolecular Hbond substituents is 1. The third kappa shape index (κ3) is 2.81. The Morgan fingerprint density at radius 1 is 0.737 bits per heavy atom. The summed E-state index contributed by atoms with van der Waals surface area (Å²) in [5, 5.41) is 17.6. The van der Waals surface area contributed by atoms with Gasteiger partial charge in [-0.2, -0.15) is 10.2 Å². The molecule has 0 atom stereocenters. The lowest BCUT2D eigenvalue weighted by atomic mass is 9.91. The highest BCUT2D eigenvalue weighted by Crippen LogP contribution is 2.27. The van der Waals surface area contributed by atoms with E-state index >= 15 is 0 Å². The van der Waals surface area contributed by atoms with Crippen molar-refractivity contribution in [3.05, 3.63) is 53.6 Å². The zero-order valence-corrected chi connectivity index (χ0v) is 10.7. The fourth-order valence-electron chi connectivity index (χ4n) is 2.42. The molecule has 19 heavy (non-hydrogen) atoms. The normalized spacial score (nSPS) is 14.5. The van der Waals surface area contributed by atoms with Crippen molar-refractivity contribution in [1.29, 1.82) is 0 Å². The van der Waals surface area contributed by atoms with E-state index in [2.05, 4.69) is 22.4 Å². The minimum absolute atomic E-state index is 0.243. The second kappa shape index (κ2) is 5.22. The number of aryl methyl sites for hydroxylation is 2. The zero-order valence-electron chi connectivity index (χ0n) is 10.7. The van der Waals surface area contributed by atoms with Crippen molar-refractivity contribution in [2.45, 2.75) is 25.7 Å². The fourth-order valence-corrected chi connectivity index (χ4v) is 2.42. The standard InChI is InChI=1S/C16H16N2O/c19-16-9-7-14(8-10-16)17-18-15-6-5-12-3-1-2-4-13(12)11-15/h5-11,19H,1-4H2/b18-17+. The molecule has 1 N–H and O–H groups in total. The Morgan fingerprint density at radius 3 is 2.16 bits per heavy atom. The highest BCUT2D eigenvalue weighted by Gasteiger charge is 2.08. The molecule has 0 amide bonds. The summed E-state index contributed by atoms with van der Waals surface area (Å²) in [7, 11) is 0. The Balaban J connectivity index is 1.81. The molecule has 3 rings (SSSR count). The summed E-state index contributed by atoms with van der Waals surface area (Å²) >= 11 is 0. The molecule has 0 unspecified atom stereocenters. The number of fused-ring (bicyclic) bond motifs is 1. The summed E-state index contributed by atoms with van der Waals surface area (Å²) in [6.07, 6.45) is 4.90. The minimum Gasteiger partial charge on any atom is -0.508 e. The number of azo groups is 1. The minimum atomic E-state index is 0.243. The van der Waals surface area contributed by atoms with E-state index in [1.807, 2.05) is 6.07 Å². The summed E-state index contributed by atoms with van der Waals surface area (Å²) in [6.45, 7) is 0. The summed E-state index contributed by atoms with van der Waals surface area (Å²) in [5.41, 5.74) is 4.51. The maximum atomic E-state index is 9.20. The summed E-state index contributed by atoms with van der Waals surface area (Å²) in [6, 6.07) is 13.0. The van der Waals surface area contributed by atoms with Gasteiger partial charge in [-0.05, 0) is 73.2 Å². The number of benzene rings is 2. The number of hydrogen-bond acceptors (Lipinski definition) is 3. The van der Waals surface area contributed by atoms with Crippen LogP contribution < -0.4 is 0 Å². The second-order valence-electron chi connectivity index (χ2n) is 4.88. The highest BCUT2D eigenvalue weighted by molar-refractivity contribution is 5.46. The van der Waals surface area contributed by atoms with E-state index in [1.54, 1.807) is 24.3 Å². The molecule has 0 bridgehead atoms. The van der Waals surface area contributed by atoms with Crippen LogP contribution in [-0.4, -0.2) is 5.11 Å². The lowest BCUT2D eigenvalue weighted by Crippen LogP contribution is -2.01. The maximum absolute atomic E-state index is 9.20. The van der Waals surface area contributed by atoms with Gasteiger partial charge in [0, 0.05) is 0 Å². The van der Waals surface area contributed by atoms with Crippen molar-refractivity contribution >= 4 is 11.4 Å². The molecule has 0 saturated heterocycles. The van der Waals surface area contributed by atoms with Crippen LogP contribution in [0.4, 0.5) is 11.4 Å². The van der Waals surface area contributed by atoms with Crippen LogP contribution in [0.3, 0.4) is 0 Å². The molecule has 2 aromatic carbocycles. The number of phenols is 1. The lowest BCUT2D eigenvalue weighted by Gasteiger charge is -2.15. The van der Waals surface area contributed by atoms with Gasteiger partial charge in [-0.15, -0.1) is 0 Å². The van der Waals surface area contributed by atoms with Gasteiger partial charge in [0.25, 0.3) is 0 Å². The van der Waals surface area contributed by atoms with Gasteiger partial charge in [-0.3, -0.25) is 0 Å². The molecule has 2 aromatic rings. The topological polar surface area (TPSA) is 45.0 Å². The van der Waals surface area contributed by atoms with E-state index in [9.17, 15) is 5.11 Å². The van der Waals surface area contributed by atoms with Gasteiger partial charge in [0.15, 0.2) is 0 Å². The van der Waals surface area contributed by atoms with Crippen molar-refractivity contribution in [3.63, 3.8) is 0 Å². The average molecular weight is 252 g/mol. The van der Waals surface area contributed by atoms with Crippen LogP contribution in [-0.2, 0) is 12.8 Å². The summed E-state index contributed by atoms with van der Waals surface area (Å²) < 4.78 is 0. The zero-order chi connectivity index (χ0) is 13.1. The molecule has 0 aliphatic heterocycles.